The van der Waals surface area contributed by atoms with Crippen molar-refractivity contribution in [2.24, 2.45) is 0 Å². The van der Waals surface area contributed by atoms with E-state index in [-0.39, 0.29) is 12.5 Å². The number of carbonyl (C=O) groups excluding carboxylic acids is 2. The van der Waals surface area contributed by atoms with Crippen molar-refractivity contribution in [3.8, 4) is 11.8 Å². The zero-order chi connectivity index (χ0) is 9.40. The maximum Gasteiger partial charge on any atom is 0.384 e. The number of amides is 1. The van der Waals surface area contributed by atoms with E-state index in [1.165, 1.54) is 6.92 Å². The lowest BCUT2D eigenvalue weighted by Gasteiger charge is -1.92. The molecule has 0 heterocycles. The molecule has 0 aromatic heterocycles. The maximum absolute atomic E-state index is 10.6. The van der Waals surface area contributed by atoms with Gasteiger partial charge in [0.2, 0.25) is 5.91 Å². The molecule has 0 aromatic rings. The second kappa shape index (κ2) is 6.23. The normalized spacial score (nSPS) is 7.83. The lowest BCUT2D eigenvalue weighted by atomic mass is 10.5. The van der Waals surface area contributed by atoms with Crippen LogP contribution >= 0.6 is 0 Å². The zero-order valence-corrected chi connectivity index (χ0v) is 7.14. The fourth-order valence-corrected chi connectivity index (χ4v) is 0.452. The Balaban J connectivity index is 3.58. The summed E-state index contributed by atoms with van der Waals surface area (Å²) in [5.41, 5.74) is 0. The molecular formula is C8H11NO3. The zero-order valence-electron chi connectivity index (χ0n) is 7.14. The highest BCUT2D eigenvalue weighted by Crippen LogP contribution is 1.72. The van der Waals surface area contributed by atoms with Crippen molar-refractivity contribution in [3.63, 3.8) is 0 Å². The lowest BCUT2D eigenvalue weighted by Crippen LogP contribution is -2.19. The van der Waals surface area contributed by atoms with Gasteiger partial charge < -0.3 is 10.1 Å². The van der Waals surface area contributed by atoms with Gasteiger partial charge in [-0.1, -0.05) is 5.92 Å². The van der Waals surface area contributed by atoms with E-state index in [2.05, 4.69) is 21.9 Å². The number of nitrogens with one attached hydrogen (secondary N) is 1. The summed E-state index contributed by atoms with van der Waals surface area (Å²) in [5.74, 6) is 3.92. The van der Waals surface area contributed by atoms with Crippen LogP contribution in [-0.2, 0) is 14.3 Å². The maximum atomic E-state index is 10.6. The first-order valence-electron chi connectivity index (χ1n) is 3.57. The number of esters is 1. The van der Waals surface area contributed by atoms with Crippen LogP contribution < -0.4 is 5.32 Å². The van der Waals surface area contributed by atoms with E-state index in [1.54, 1.807) is 6.92 Å². The number of carbonyl (C=O) groups is 2. The minimum Gasteiger partial charge on any atom is -0.456 e. The third-order valence-corrected chi connectivity index (χ3v) is 0.892. The van der Waals surface area contributed by atoms with Gasteiger partial charge in [-0.15, -0.1) is 0 Å². The monoisotopic (exact) mass is 169 g/mol. The summed E-state index contributed by atoms with van der Waals surface area (Å²) in [5, 5.41) is 2.42. The highest BCUT2D eigenvalue weighted by atomic mass is 16.5. The van der Waals surface area contributed by atoms with Crippen LogP contribution in [0.3, 0.4) is 0 Å². The van der Waals surface area contributed by atoms with Gasteiger partial charge in [-0.05, 0) is 6.92 Å². The molecule has 12 heavy (non-hydrogen) atoms. The van der Waals surface area contributed by atoms with Crippen LogP contribution in [0.2, 0.25) is 0 Å². The number of rotatable bonds is 2. The van der Waals surface area contributed by atoms with Gasteiger partial charge >= 0.3 is 5.97 Å². The lowest BCUT2D eigenvalue weighted by molar-refractivity contribution is -0.136. The van der Waals surface area contributed by atoms with Crippen LogP contribution in [0.4, 0.5) is 0 Å². The Kier molecular flexibility index (Phi) is 5.45. The van der Waals surface area contributed by atoms with Gasteiger partial charge in [0.1, 0.15) is 0 Å². The molecule has 0 radical (unpaired) electrons. The predicted molar refractivity (Wildman–Crippen MR) is 43.1 cm³/mol. The third kappa shape index (κ3) is 6.62. The summed E-state index contributed by atoms with van der Waals surface area (Å²) < 4.78 is 4.52. The third-order valence-electron chi connectivity index (χ3n) is 0.892. The van der Waals surface area contributed by atoms with Gasteiger partial charge in [0.25, 0.3) is 0 Å². The molecule has 0 aromatic carbocycles. The molecule has 0 fully saturated rings. The van der Waals surface area contributed by atoms with Crippen LogP contribution in [0.5, 0.6) is 0 Å². The van der Waals surface area contributed by atoms with E-state index in [9.17, 15) is 9.59 Å². The number of hydrogen-bond donors (Lipinski definition) is 1. The number of ether oxygens (including phenoxy) is 1. The van der Waals surface area contributed by atoms with Crippen molar-refractivity contribution >= 4 is 11.9 Å². The minimum atomic E-state index is -0.567. The van der Waals surface area contributed by atoms with Crippen LogP contribution in [-0.4, -0.2) is 25.0 Å². The highest BCUT2D eigenvalue weighted by Gasteiger charge is 1.91. The Bertz CT molecular complexity index is 224. The van der Waals surface area contributed by atoms with Crippen molar-refractivity contribution in [1.29, 1.82) is 0 Å². The van der Waals surface area contributed by atoms with E-state index in [0.29, 0.717) is 6.61 Å². The molecule has 0 aliphatic heterocycles. The molecule has 4 nitrogen and oxygen atoms in total. The molecule has 66 valence electrons. The highest BCUT2D eigenvalue weighted by molar-refractivity contribution is 5.88. The molecule has 0 rings (SSSR count). The molecule has 1 amide bonds. The quantitative estimate of drug-likeness (QED) is 0.350. The first kappa shape index (κ1) is 10.5. The molecule has 1 N–H and O–H groups in total. The summed E-state index contributed by atoms with van der Waals surface area (Å²) in [7, 11) is 0. The van der Waals surface area contributed by atoms with E-state index < -0.39 is 5.97 Å². The summed E-state index contributed by atoms with van der Waals surface area (Å²) in [6, 6.07) is 0. The minimum absolute atomic E-state index is 0.173. The second-order valence-corrected chi connectivity index (χ2v) is 1.93. The molecule has 0 aliphatic rings. The van der Waals surface area contributed by atoms with Gasteiger partial charge in [-0.25, -0.2) is 4.79 Å². The molecule has 0 spiro atoms. The summed E-state index contributed by atoms with van der Waals surface area (Å²) in [6.07, 6.45) is 0. The van der Waals surface area contributed by atoms with E-state index >= 15 is 0 Å². The van der Waals surface area contributed by atoms with Crippen LogP contribution in [0.25, 0.3) is 0 Å². The van der Waals surface area contributed by atoms with Gasteiger partial charge in [-0.3, -0.25) is 4.79 Å². The van der Waals surface area contributed by atoms with Crippen molar-refractivity contribution in [2.75, 3.05) is 13.2 Å². The predicted octanol–water partition coefficient (Wildman–Crippen LogP) is -0.311. The van der Waals surface area contributed by atoms with E-state index in [4.69, 9.17) is 0 Å². The van der Waals surface area contributed by atoms with Gasteiger partial charge in [0.05, 0.1) is 13.2 Å². The first-order valence-corrected chi connectivity index (χ1v) is 3.57. The molecule has 0 bridgehead atoms. The Morgan fingerprint density at radius 3 is 2.67 bits per heavy atom. The average molecular weight is 169 g/mol. The Labute approximate surface area is 71.3 Å². The molecule has 0 saturated carbocycles. The van der Waals surface area contributed by atoms with Crippen molar-refractivity contribution < 1.29 is 14.3 Å². The fraction of sp³-hybridized carbons (Fsp3) is 0.500. The van der Waals surface area contributed by atoms with Crippen LogP contribution in [0.15, 0.2) is 0 Å². The Hall–Kier alpha value is -1.50. The average Bonchev–Trinajstić information content (AvgIpc) is 1.98. The van der Waals surface area contributed by atoms with Gasteiger partial charge in [-0.2, -0.15) is 0 Å². The van der Waals surface area contributed by atoms with E-state index in [1.807, 2.05) is 0 Å². The largest absolute Gasteiger partial charge is 0.456 e. The first-order chi connectivity index (χ1) is 5.66. The Morgan fingerprint density at radius 1 is 1.50 bits per heavy atom. The van der Waals surface area contributed by atoms with Crippen molar-refractivity contribution in [3.05, 3.63) is 0 Å². The molecule has 0 saturated heterocycles. The summed E-state index contributed by atoms with van der Waals surface area (Å²) in [6.45, 7) is 3.57. The van der Waals surface area contributed by atoms with Gasteiger partial charge in [0.15, 0.2) is 0 Å². The fourth-order valence-electron chi connectivity index (χ4n) is 0.452. The topological polar surface area (TPSA) is 55.4 Å². The molecular weight excluding hydrogens is 158 g/mol. The summed E-state index contributed by atoms with van der Waals surface area (Å²) >= 11 is 0. The second-order valence-electron chi connectivity index (χ2n) is 1.93. The van der Waals surface area contributed by atoms with Crippen LogP contribution in [0, 0.1) is 11.8 Å². The molecule has 0 unspecified atom stereocenters. The molecule has 0 atom stereocenters. The summed E-state index contributed by atoms with van der Waals surface area (Å²) in [4.78, 5) is 20.9. The standard InChI is InChI=1S/C8H11NO3/c1-3-12-8(11)5-4-6-9-7(2)10/h3,6H2,1-2H3,(H,9,10). The van der Waals surface area contributed by atoms with Gasteiger partial charge in [0, 0.05) is 12.8 Å². The SMILES string of the molecule is CCOC(=O)C#CCNC(C)=O. The smallest absolute Gasteiger partial charge is 0.384 e. The Morgan fingerprint density at radius 2 is 2.17 bits per heavy atom. The molecule has 0 aliphatic carbocycles. The van der Waals surface area contributed by atoms with Crippen LogP contribution in [0.1, 0.15) is 13.8 Å². The van der Waals surface area contributed by atoms with E-state index in [0.717, 1.165) is 0 Å². The molecule has 4 heteroatoms. The number of hydrogen-bond acceptors (Lipinski definition) is 3. The van der Waals surface area contributed by atoms with Crippen molar-refractivity contribution in [1.82, 2.24) is 5.32 Å². The van der Waals surface area contributed by atoms with Crippen molar-refractivity contribution in [2.45, 2.75) is 13.8 Å².